The highest BCUT2D eigenvalue weighted by atomic mass is 32.2. The monoisotopic (exact) mass is 442 g/mol. The summed E-state index contributed by atoms with van der Waals surface area (Å²) in [5, 5.41) is 5.99. The van der Waals surface area contributed by atoms with E-state index in [-0.39, 0.29) is 17.9 Å². The molecule has 0 saturated carbocycles. The maximum absolute atomic E-state index is 12.7. The maximum Gasteiger partial charge on any atom is 0.262 e. The minimum atomic E-state index is -0.156. The van der Waals surface area contributed by atoms with E-state index in [2.05, 4.69) is 22.8 Å². The molecule has 32 heavy (non-hydrogen) atoms. The van der Waals surface area contributed by atoms with Crippen molar-refractivity contribution in [3.05, 3.63) is 100.0 Å². The van der Waals surface area contributed by atoms with E-state index in [9.17, 15) is 9.59 Å². The molecule has 0 radical (unpaired) electrons. The molecule has 0 fully saturated rings. The van der Waals surface area contributed by atoms with Crippen LogP contribution in [0.5, 0.6) is 0 Å². The van der Waals surface area contributed by atoms with Crippen molar-refractivity contribution in [3.63, 3.8) is 0 Å². The third kappa shape index (κ3) is 5.48. The van der Waals surface area contributed by atoms with E-state index < -0.39 is 0 Å². The molecule has 0 aliphatic carbocycles. The summed E-state index contributed by atoms with van der Waals surface area (Å²) in [5.74, 6) is -0.287. The fourth-order valence-electron chi connectivity index (χ4n) is 3.52. The van der Waals surface area contributed by atoms with Gasteiger partial charge in [0.05, 0.1) is 10.6 Å². The average Bonchev–Trinajstić information content (AvgIpc) is 2.80. The van der Waals surface area contributed by atoms with Gasteiger partial charge in [-0.1, -0.05) is 71.9 Å². The van der Waals surface area contributed by atoms with Crippen LogP contribution in [0.25, 0.3) is 6.08 Å². The lowest BCUT2D eigenvalue weighted by Crippen LogP contribution is -2.33. The fourth-order valence-corrected chi connectivity index (χ4v) is 4.45. The van der Waals surface area contributed by atoms with Gasteiger partial charge in [0.2, 0.25) is 0 Å². The summed E-state index contributed by atoms with van der Waals surface area (Å²) in [5.41, 5.74) is 4.64. The summed E-state index contributed by atoms with van der Waals surface area (Å²) in [4.78, 5) is 26.9. The highest BCUT2D eigenvalue weighted by Crippen LogP contribution is 2.39. The van der Waals surface area contributed by atoms with E-state index in [0.717, 1.165) is 23.3 Å². The minimum absolute atomic E-state index is 0.0479. The summed E-state index contributed by atoms with van der Waals surface area (Å²) >= 11 is 1.42. The number of anilines is 1. The van der Waals surface area contributed by atoms with Gasteiger partial charge in [-0.3, -0.25) is 9.59 Å². The molecule has 0 aromatic heterocycles. The van der Waals surface area contributed by atoms with E-state index in [4.69, 9.17) is 0 Å². The second kappa shape index (κ2) is 9.88. The van der Waals surface area contributed by atoms with Gasteiger partial charge in [0, 0.05) is 16.5 Å². The Morgan fingerprint density at radius 2 is 1.81 bits per heavy atom. The lowest BCUT2D eigenvalue weighted by molar-refractivity contribution is -0.112. The molecule has 1 aliphatic rings. The zero-order chi connectivity index (χ0) is 22.5. The number of thioether (sulfide) groups is 1. The molecule has 3 aromatic rings. The number of hydrogen-bond donors (Lipinski definition) is 2. The predicted octanol–water partition coefficient (Wildman–Crippen LogP) is 5.83. The molecule has 0 unspecified atom stereocenters. The Kier molecular flexibility index (Phi) is 6.76. The molecule has 2 amide bonds. The van der Waals surface area contributed by atoms with Gasteiger partial charge in [-0.05, 0) is 62.1 Å². The Hall–Kier alpha value is -3.31. The van der Waals surface area contributed by atoms with Crippen molar-refractivity contribution in [2.45, 2.75) is 37.6 Å². The number of hydrogen-bond acceptors (Lipinski definition) is 3. The van der Waals surface area contributed by atoms with E-state index >= 15 is 0 Å². The Morgan fingerprint density at radius 1 is 1.06 bits per heavy atom. The van der Waals surface area contributed by atoms with Crippen LogP contribution in [0, 0.1) is 6.92 Å². The highest BCUT2D eigenvalue weighted by Gasteiger charge is 2.22. The number of aryl methyl sites for hydroxylation is 2. The predicted molar refractivity (Wildman–Crippen MR) is 132 cm³/mol. The Balaban J connectivity index is 1.40. The fraction of sp³-hybridized carbons (Fsp3) is 0.185. The largest absolute Gasteiger partial charge is 0.350 e. The summed E-state index contributed by atoms with van der Waals surface area (Å²) < 4.78 is 0. The first-order valence-corrected chi connectivity index (χ1v) is 11.6. The molecule has 3 aromatic carbocycles. The smallest absolute Gasteiger partial charge is 0.262 e. The van der Waals surface area contributed by atoms with Crippen LogP contribution >= 0.6 is 11.8 Å². The zero-order valence-corrected chi connectivity index (χ0v) is 19.0. The summed E-state index contributed by atoms with van der Waals surface area (Å²) in [6.45, 7) is 4.05. The molecule has 1 aliphatic heterocycles. The molecule has 1 heterocycles. The van der Waals surface area contributed by atoms with Crippen molar-refractivity contribution in [1.82, 2.24) is 5.32 Å². The molecule has 0 saturated heterocycles. The lowest BCUT2D eigenvalue weighted by Gasteiger charge is -2.20. The first kappa shape index (κ1) is 21.9. The molecule has 0 bridgehead atoms. The summed E-state index contributed by atoms with van der Waals surface area (Å²) in [6, 6.07) is 23.8. The first-order chi connectivity index (χ1) is 15.5. The van der Waals surface area contributed by atoms with Crippen LogP contribution in [0.2, 0.25) is 0 Å². The third-order valence-corrected chi connectivity index (χ3v) is 6.49. The van der Waals surface area contributed by atoms with Crippen LogP contribution < -0.4 is 10.6 Å². The number of rotatable bonds is 6. The zero-order valence-electron chi connectivity index (χ0n) is 18.2. The van der Waals surface area contributed by atoms with Crippen molar-refractivity contribution in [3.8, 4) is 0 Å². The quantitative estimate of drug-likeness (QED) is 0.472. The number of amides is 2. The van der Waals surface area contributed by atoms with E-state index in [1.165, 1.54) is 22.9 Å². The molecule has 1 atom stereocenters. The van der Waals surface area contributed by atoms with E-state index in [1.54, 1.807) is 6.07 Å². The maximum atomic E-state index is 12.7. The first-order valence-electron chi connectivity index (χ1n) is 10.7. The summed E-state index contributed by atoms with van der Waals surface area (Å²) in [6.07, 6.45) is 3.66. The van der Waals surface area contributed by atoms with E-state index in [0.29, 0.717) is 16.2 Å². The van der Waals surface area contributed by atoms with Crippen LogP contribution in [0.3, 0.4) is 0 Å². The Morgan fingerprint density at radius 3 is 2.56 bits per heavy atom. The molecular formula is C27H26N2O2S. The number of benzene rings is 3. The molecule has 4 nitrogen and oxygen atoms in total. The van der Waals surface area contributed by atoms with E-state index in [1.807, 2.05) is 74.5 Å². The topological polar surface area (TPSA) is 58.2 Å². The van der Waals surface area contributed by atoms with Crippen molar-refractivity contribution >= 4 is 35.3 Å². The molecule has 5 heteroatoms. The third-order valence-electron chi connectivity index (χ3n) is 5.40. The number of carbonyl (C=O) groups is 2. The van der Waals surface area contributed by atoms with Crippen LogP contribution in [0.4, 0.5) is 5.69 Å². The Bertz CT molecular complexity index is 1150. The van der Waals surface area contributed by atoms with Crippen molar-refractivity contribution < 1.29 is 9.59 Å². The van der Waals surface area contributed by atoms with Gasteiger partial charge in [0.1, 0.15) is 0 Å². The highest BCUT2D eigenvalue weighted by molar-refractivity contribution is 8.04. The van der Waals surface area contributed by atoms with Crippen LogP contribution in [0.15, 0.2) is 82.6 Å². The lowest BCUT2D eigenvalue weighted by atomic mass is 10.1. The molecule has 4 rings (SSSR count). The summed E-state index contributed by atoms with van der Waals surface area (Å²) in [7, 11) is 0. The van der Waals surface area contributed by atoms with Gasteiger partial charge in [-0.25, -0.2) is 0 Å². The molecule has 0 spiro atoms. The second-order valence-electron chi connectivity index (χ2n) is 8.09. The minimum Gasteiger partial charge on any atom is -0.350 e. The van der Waals surface area contributed by atoms with Crippen molar-refractivity contribution in [2.75, 3.05) is 5.32 Å². The van der Waals surface area contributed by atoms with Crippen molar-refractivity contribution in [2.24, 2.45) is 0 Å². The number of carbonyl (C=O) groups excluding carboxylic acids is 2. The van der Waals surface area contributed by atoms with Gasteiger partial charge in [0.25, 0.3) is 11.8 Å². The van der Waals surface area contributed by atoms with Gasteiger partial charge in [-0.2, -0.15) is 0 Å². The standard InChI is InChI=1S/C27H26N2O2S/c1-18-8-11-21(12-9-18)16-25-27(31)29-23-17-22(14-15-24(23)32-25)26(30)28-19(2)10-13-20-6-4-3-5-7-20/h3-9,11-12,14-17,19H,10,13H2,1-2H3,(H,28,30)(H,29,31)/b25-16+/t19-/m1/s1. The van der Waals surface area contributed by atoms with Gasteiger partial charge < -0.3 is 10.6 Å². The Labute approximate surface area is 193 Å². The molecule has 2 N–H and O–H groups in total. The molecule has 162 valence electrons. The SMILES string of the molecule is Cc1ccc(/C=C2/Sc3ccc(C(=O)N[C@H](C)CCc4ccccc4)cc3NC2=O)cc1. The van der Waals surface area contributed by atoms with Crippen LogP contribution in [0.1, 0.15) is 40.4 Å². The van der Waals surface area contributed by atoms with Crippen molar-refractivity contribution in [1.29, 1.82) is 0 Å². The van der Waals surface area contributed by atoms with Crippen LogP contribution in [-0.2, 0) is 11.2 Å². The number of nitrogens with one attached hydrogen (secondary N) is 2. The van der Waals surface area contributed by atoms with Gasteiger partial charge in [-0.15, -0.1) is 0 Å². The van der Waals surface area contributed by atoms with Crippen LogP contribution in [-0.4, -0.2) is 17.9 Å². The normalized spacial score (nSPS) is 15.1. The number of fused-ring (bicyclic) bond motifs is 1. The van der Waals surface area contributed by atoms with Gasteiger partial charge in [0.15, 0.2) is 0 Å². The van der Waals surface area contributed by atoms with Gasteiger partial charge >= 0.3 is 0 Å². The second-order valence-corrected chi connectivity index (χ2v) is 9.17. The average molecular weight is 443 g/mol. The molecular weight excluding hydrogens is 416 g/mol.